The minimum atomic E-state index is -3.78. The predicted octanol–water partition coefficient (Wildman–Crippen LogP) is 1.37. The number of rotatable bonds is 6. The van der Waals surface area contributed by atoms with Crippen molar-refractivity contribution in [2.45, 2.75) is 12.4 Å². The zero-order chi connectivity index (χ0) is 15.5. The number of nitro groups is 1. The van der Waals surface area contributed by atoms with E-state index in [2.05, 4.69) is 4.98 Å². The van der Waals surface area contributed by atoms with Gasteiger partial charge < -0.3 is 10.1 Å². The average molecular weight is 311 g/mol. The summed E-state index contributed by atoms with van der Waals surface area (Å²) in [7, 11) is -2.36. The molecule has 0 aliphatic heterocycles. The van der Waals surface area contributed by atoms with Crippen molar-refractivity contribution in [1.29, 1.82) is 0 Å². The van der Waals surface area contributed by atoms with Crippen molar-refractivity contribution in [1.82, 2.24) is 9.55 Å². The van der Waals surface area contributed by atoms with Gasteiger partial charge in [-0.05, 0) is 10.5 Å². The first-order valence-electron chi connectivity index (χ1n) is 5.95. The van der Waals surface area contributed by atoms with Gasteiger partial charge >= 0.3 is 5.82 Å². The van der Waals surface area contributed by atoms with E-state index in [0.29, 0.717) is 5.56 Å². The van der Waals surface area contributed by atoms with Crippen molar-refractivity contribution in [2.24, 2.45) is 7.05 Å². The van der Waals surface area contributed by atoms with Gasteiger partial charge in [0.25, 0.3) is 10.1 Å². The molecule has 112 valence electrons. The van der Waals surface area contributed by atoms with Crippen molar-refractivity contribution in [3.05, 3.63) is 58.0 Å². The minimum absolute atomic E-state index is 0.165. The third-order valence-corrected chi connectivity index (χ3v) is 3.96. The lowest BCUT2D eigenvalue weighted by molar-refractivity contribution is -0.391. The summed E-state index contributed by atoms with van der Waals surface area (Å²) in [4.78, 5) is 13.8. The molecule has 0 aliphatic carbocycles. The molecule has 0 bridgehead atoms. The molecule has 8 nitrogen and oxygen atoms in total. The van der Waals surface area contributed by atoms with Crippen molar-refractivity contribution < 1.29 is 17.5 Å². The van der Waals surface area contributed by atoms with Gasteiger partial charge in [0.2, 0.25) is 5.82 Å². The molecular weight excluding hydrogens is 298 g/mol. The van der Waals surface area contributed by atoms with Crippen molar-refractivity contribution in [3.8, 4) is 0 Å². The van der Waals surface area contributed by atoms with Crippen LogP contribution in [0.1, 0.15) is 11.4 Å². The Morgan fingerprint density at radius 2 is 2.00 bits per heavy atom. The zero-order valence-electron chi connectivity index (χ0n) is 11.2. The van der Waals surface area contributed by atoms with Crippen LogP contribution in [0.4, 0.5) is 5.82 Å². The fraction of sp³-hybridized carbons (Fsp3) is 0.250. The Kier molecular flexibility index (Phi) is 4.34. The molecule has 0 unspecified atom stereocenters. The van der Waals surface area contributed by atoms with Gasteiger partial charge in [-0.3, -0.25) is 4.18 Å². The Morgan fingerprint density at radius 1 is 1.33 bits per heavy atom. The molecule has 1 aromatic carbocycles. The fourth-order valence-corrected chi connectivity index (χ4v) is 2.67. The van der Waals surface area contributed by atoms with Crippen LogP contribution in [0.5, 0.6) is 0 Å². The van der Waals surface area contributed by atoms with E-state index in [1.54, 1.807) is 30.3 Å². The summed E-state index contributed by atoms with van der Waals surface area (Å²) in [5.74, 6) is -0.326. The van der Waals surface area contributed by atoms with Gasteiger partial charge in [0.1, 0.15) is 18.6 Å². The monoisotopic (exact) mass is 311 g/mol. The van der Waals surface area contributed by atoms with Crippen LogP contribution in [-0.4, -0.2) is 22.9 Å². The van der Waals surface area contributed by atoms with Crippen LogP contribution in [0.3, 0.4) is 0 Å². The highest BCUT2D eigenvalue weighted by atomic mass is 32.2. The van der Waals surface area contributed by atoms with E-state index in [1.807, 2.05) is 0 Å². The Hall–Kier alpha value is -2.26. The van der Waals surface area contributed by atoms with Crippen molar-refractivity contribution >= 4 is 15.9 Å². The summed E-state index contributed by atoms with van der Waals surface area (Å²) in [6.45, 7) is -0.348. The maximum Gasteiger partial charge on any atom is 0.342 e. The standard InChI is InChI=1S/C12H13N3O5S/c1-14-11(13-7-12(14)15(16)17)8-20-21(18,19)9-10-5-3-2-4-6-10/h2-7H,8-9H2,1H3. The highest BCUT2D eigenvalue weighted by molar-refractivity contribution is 7.85. The minimum Gasteiger partial charge on any atom is -0.358 e. The third kappa shape index (κ3) is 3.86. The highest BCUT2D eigenvalue weighted by Crippen LogP contribution is 2.14. The second-order valence-electron chi connectivity index (χ2n) is 4.30. The Morgan fingerprint density at radius 3 is 2.57 bits per heavy atom. The molecule has 0 fully saturated rings. The van der Waals surface area contributed by atoms with Gasteiger partial charge in [0.05, 0.1) is 7.05 Å². The number of hydrogen-bond acceptors (Lipinski definition) is 6. The van der Waals surface area contributed by atoms with E-state index in [0.717, 1.165) is 6.20 Å². The molecule has 0 radical (unpaired) electrons. The molecule has 0 spiro atoms. The van der Waals surface area contributed by atoms with Crippen LogP contribution in [0.2, 0.25) is 0 Å². The molecule has 9 heteroatoms. The number of nitrogens with zero attached hydrogens (tertiary/aromatic N) is 3. The van der Waals surface area contributed by atoms with Crippen LogP contribution < -0.4 is 0 Å². The van der Waals surface area contributed by atoms with Crippen LogP contribution in [-0.2, 0) is 33.7 Å². The second kappa shape index (κ2) is 6.02. The molecule has 0 saturated heterocycles. The Bertz CT molecular complexity index is 740. The molecule has 1 aromatic heterocycles. The molecular formula is C12H13N3O5S. The predicted molar refractivity (Wildman–Crippen MR) is 73.7 cm³/mol. The quantitative estimate of drug-likeness (QED) is 0.453. The van der Waals surface area contributed by atoms with Crippen molar-refractivity contribution in [3.63, 3.8) is 0 Å². The lowest BCUT2D eigenvalue weighted by Crippen LogP contribution is -2.11. The van der Waals surface area contributed by atoms with E-state index in [-0.39, 0.29) is 24.0 Å². The topological polar surface area (TPSA) is 104 Å². The zero-order valence-corrected chi connectivity index (χ0v) is 12.0. The summed E-state index contributed by atoms with van der Waals surface area (Å²) in [5.41, 5.74) is 0.600. The molecule has 0 N–H and O–H groups in total. The largest absolute Gasteiger partial charge is 0.358 e. The van der Waals surface area contributed by atoms with Gasteiger partial charge in [-0.2, -0.15) is 8.42 Å². The second-order valence-corrected chi connectivity index (χ2v) is 5.94. The van der Waals surface area contributed by atoms with Crippen LogP contribution >= 0.6 is 0 Å². The van der Waals surface area contributed by atoms with E-state index < -0.39 is 15.0 Å². The molecule has 0 aliphatic rings. The van der Waals surface area contributed by atoms with Gasteiger partial charge in [-0.15, -0.1) is 0 Å². The lowest BCUT2D eigenvalue weighted by Gasteiger charge is -2.04. The first-order valence-corrected chi connectivity index (χ1v) is 7.53. The molecule has 1 heterocycles. The maximum atomic E-state index is 11.8. The first-order chi connectivity index (χ1) is 9.89. The van der Waals surface area contributed by atoms with Crippen LogP contribution in [0, 0.1) is 10.1 Å². The smallest absolute Gasteiger partial charge is 0.342 e. The van der Waals surface area contributed by atoms with Gasteiger partial charge in [0, 0.05) is 0 Å². The maximum absolute atomic E-state index is 11.8. The van der Waals surface area contributed by atoms with E-state index in [1.165, 1.54) is 11.6 Å². The number of aromatic nitrogens is 2. The molecule has 21 heavy (non-hydrogen) atoms. The Labute approximate surface area is 121 Å². The van der Waals surface area contributed by atoms with Gasteiger partial charge in [-0.1, -0.05) is 30.3 Å². The first kappa shape index (κ1) is 15.1. The number of hydrogen-bond donors (Lipinski definition) is 0. The molecule has 0 saturated carbocycles. The van der Waals surface area contributed by atoms with E-state index in [9.17, 15) is 18.5 Å². The Balaban J connectivity index is 2.04. The summed E-state index contributed by atoms with van der Waals surface area (Å²) < 4.78 is 29.7. The fourth-order valence-electron chi connectivity index (χ4n) is 1.70. The normalized spacial score (nSPS) is 11.5. The van der Waals surface area contributed by atoms with E-state index >= 15 is 0 Å². The van der Waals surface area contributed by atoms with Gasteiger partial charge in [0.15, 0.2) is 0 Å². The molecule has 0 amide bonds. The highest BCUT2D eigenvalue weighted by Gasteiger charge is 2.20. The molecule has 2 rings (SSSR count). The summed E-state index contributed by atoms with van der Waals surface area (Å²) >= 11 is 0. The van der Waals surface area contributed by atoms with E-state index in [4.69, 9.17) is 4.18 Å². The SMILES string of the molecule is Cn1c([N+](=O)[O-])cnc1COS(=O)(=O)Cc1ccccc1. The van der Waals surface area contributed by atoms with Crippen LogP contribution in [0.15, 0.2) is 36.5 Å². The number of benzene rings is 1. The van der Waals surface area contributed by atoms with Crippen molar-refractivity contribution in [2.75, 3.05) is 0 Å². The third-order valence-electron chi connectivity index (χ3n) is 2.80. The number of imidazole rings is 1. The van der Waals surface area contributed by atoms with Crippen LogP contribution in [0.25, 0.3) is 0 Å². The lowest BCUT2D eigenvalue weighted by atomic mass is 10.2. The summed E-state index contributed by atoms with van der Waals surface area (Å²) in [5, 5.41) is 10.7. The average Bonchev–Trinajstić information content (AvgIpc) is 2.78. The summed E-state index contributed by atoms with van der Waals surface area (Å²) in [6.07, 6.45) is 1.06. The molecule has 0 atom stereocenters. The summed E-state index contributed by atoms with van der Waals surface area (Å²) in [6, 6.07) is 8.59. The molecule has 2 aromatic rings. The van der Waals surface area contributed by atoms with Gasteiger partial charge in [-0.25, -0.2) is 9.55 Å².